The number of carbonyl (C=O) groups is 1. The monoisotopic (exact) mass is 318 g/mol. The Balaban J connectivity index is 1.49. The van der Waals surface area contributed by atoms with E-state index in [0.717, 1.165) is 6.42 Å². The van der Waals surface area contributed by atoms with Crippen LogP contribution in [0.25, 0.3) is 11.1 Å². The SMILES string of the molecule is O=C1CCC(NC2c3ccccc3-c3ccccc32)C(C2CC2)N1. The molecule has 2 aliphatic carbocycles. The van der Waals surface area contributed by atoms with Crippen LogP contribution >= 0.6 is 0 Å². The summed E-state index contributed by atoms with van der Waals surface area (Å²) in [5.74, 6) is 0.885. The predicted octanol–water partition coefficient (Wildman–Crippen LogP) is 3.40. The van der Waals surface area contributed by atoms with Crippen molar-refractivity contribution >= 4 is 5.91 Å². The van der Waals surface area contributed by atoms with Crippen LogP contribution < -0.4 is 10.6 Å². The molecule has 122 valence electrons. The van der Waals surface area contributed by atoms with E-state index in [1.54, 1.807) is 0 Å². The van der Waals surface area contributed by atoms with E-state index >= 15 is 0 Å². The lowest BCUT2D eigenvalue weighted by molar-refractivity contribution is -0.124. The molecule has 1 amide bonds. The van der Waals surface area contributed by atoms with Gasteiger partial charge in [0.1, 0.15) is 0 Å². The number of nitrogens with one attached hydrogen (secondary N) is 2. The van der Waals surface area contributed by atoms with Gasteiger partial charge in [0.2, 0.25) is 5.91 Å². The largest absolute Gasteiger partial charge is 0.352 e. The van der Waals surface area contributed by atoms with Crippen LogP contribution in [0.1, 0.15) is 42.9 Å². The highest BCUT2D eigenvalue weighted by atomic mass is 16.1. The molecule has 2 fully saturated rings. The number of hydrogen-bond acceptors (Lipinski definition) is 2. The number of benzene rings is 2. The molecule has 3 aliphatic rings. The Labute approximate surface area is 142 Å². The summed E-state index contributed by atoms with van der Waals surface area (Å²) in [6.07, 6.45) is 4.08. The minimum absolute atomic E-state index is 0.220. The first-order chi connectivity index (χ1) is 11.8. The minimum atomic E-state index is 0.220. The van der Waals surface area contributed by atoms with Gasteiger partial charge in [-0.2, -0.15) is 0 Å². The van der Waals surface area contributed by atoms with Crippen LogP contribution in [-0.4, -0.2) is 18.0 Å². The van der Waals surface area contributed by atoms with E-state index < -0.39 is 0 Å². The van der Waals surface area contributed by atoms with E-state index in [1.807, 2.05) is 0 Å². The lowest BCUT2D eigenvalue weighted by Gasteiger charge is -2.35. The normalized spacial score (nSPS) is 25.9. The van der Waals surface area contributed by atoms with E-state index in [9.17, 15) is 4.79 Å². The van der Waals surface area contributed by atoms with Gasteiger partial charge in [-0.15, -0.1) is 0 Å². The molecular weight excluding hydrogens is 296 g/mol. The molecule has 2 N–H and O–H groups in total. The van der Waals surface area contributed by atoms with Crippen LogP contribution in [0.3, 0.4) is 0 Å². The number of piperidine rings is 1. The first-order valence-electron chi connectivity index (χ1n) is 9.05. The van der Waals surface area contributed by atoms with Crippen molar-refractivity contribution < 1.29 is 4.79 Å². The molecule has 1 saturated heterocycles. The molecule has 0 aromatic heterocycles. The van der Waals surface area contributed by atoms with Crippen molar-refractivity contribution in [2.24, 2.45) is 5.92 Å². The van der Waals surface area contributed by atoms with Gasteiger partial charge < -0.3 is 10.6 Å². The van der Waals surface area contributed by atoms with E-state index in [-0.39, 0.29) is 11.9 Å². The fraction of sp³-hybridized carbons (Fsp3) is 0.381. The van der Waals surface area contributed by atoms with Crippen LogP contribution in [0.15, 0.2) is 48.5 Å². The van der Waals surface area contributed by atoms with Crippen LogP contribution in [0.2, 0.25) is 0 Å². The number of fused-ring (bicyclic) bond motifs is 3. The molecule has 2 unspecified atom stereocenters. The first-order valence-corrected chi connectivity index (χ1v) is 9.05. The summed E-state index contributed by atoms with van der Waals surface area (Å²) in [5, 5.41) is 7.16. The summed E-state index contributed by atoms with van der Waals surface area (Å²) in [5.41, 5.74) is 5.41. The summed E-state index contributed by atoms with van der Waals surface area (Å²) >= 11 is 0. The Morgan fingerprint density at radius 1 is 0.875 bits per heavy atom. The summed E-state index contributed by atoms with van der Waals surface area (Å²) in [4.78, 5) is 11.8. The Kier molecular flexibility index (Phi) is 3.23. The smallest absolute Gasteiger partial charge is 0.220 e. The molecule has 5 rings (SSSR count). The molecule has 2 aromatic carbocycles. The molecule has 0 radical (unpaired) electrons. The second kappa shape index (κ2) is 5.45. The third-order valence-corrected chi connectivity index (χ3v) is 5.79. The predicted molar refractivity (Wildman–Crippen MR) is 94.5 cm³/mol. The van der Waals surface area contributed by atoms with Gasteiger partial charge in [0.15, 0.2) is 0 Å². The topological polar surface area (TPSA) is 41.1 Å². The van der Waals surface area contributed by atoms with Gasteiger partial charge in [0, 0.05) is 18.5 Å². The molecule has 2 aromatic rings. The van der Waals surface area contributed by atoms with Crippen LogP contribution in [0.5, 0.6) is 0 Å². The number of hydrogen-bond donors (Lipinski definition) is 2. The van der Waals surface area contributed by atoms with E-state index in [1.165, 1.54) is 35.1 Å². The number of rotatable bonds is 3. The van der Waals surface area contributed by atoms with Crippen LogP contribution in [0, 0.1) is 5.92 Å². The van der Waals surface area contributed by atoms with Gasteiger partial charge in [-0.1, -0.05) is 48.5 Å². The minimum Gasteiger partial charge on any atom is -0.352 e. The van der Waals surface area contributed by atoms with Crippen molar-refractivity contribution in [3.8, 4) is 11.1 Å². The highest BCUT2D eigenvalue weighted by molar-refractivity contribution is 5.79. The van der Waals surface area contributed by atoms with Gasteiger partial charge >= 0.3 is 0 Å². The lowest BCUT2D eigenvalue weighted by atomic mass is 9.92. The van der Waals surface area contributed by atoms with E-state index in [4.69, 9.17) is 0 Å². The first kappa shape index (κ1) is 14.2. The maximum atomic E-state index is 11.8. The Morgan fingerprint density at radius 2 is 1.50 bits per heavy atom. The summed E-state index contributed by atoms with van der Waals surface area (Å²) in [6.45, 7) is 0. The van der Waals surface area contributed by atoms with Crippen molar-refractivity contribution in [2.45, 2.75) is 43.8 Å². The fourth-order valence-corrected chi connectivity index (χ4v) is 4.46. The average molecular weight is 318 g/mol. The summed E-state index contributed by atoms with van der Waals surface area (Å²) < 4.78 is 0. The zero-order chi connectivity index (χ0) is 16.1. The zero-order valence-corrected chi connectivity index (χ0v) is 13.7. The Hall–Kier alpha value is -2.13. The zero-order valence-electron chi connectivity index (χ0n) is 13.7. The fourth-order valence-electron chi connectivity index (χ4n) is 4.46. The molecule has 1 aliphatic heterocycles. The Bertz CT molecular complexity index is 750. The van der Waals surface area contributed by atoms with Gasteiger partial charge in [0.25, 0.3) is 0 Å². The number of carbonyl (C=O) groups excluding carboxylic acids is 1. The van der Waals surface area contributed by atoms with Crippen molar-refractivity contribution in [3.05, 3.63) is 59.7 Å². The van der Waals surface area contributed by atoms with Gasteiger partial charge in [-0.3, -0.25) is 4.79 Å². The van der Waals surface area contributed by atoms with Crippen molar-refractivity contribution in [1.82, 2.24) is 10.6 Å². The lowest BCUT2D eigenvalue weighted by Crippen LogP contribution is -2.55. The van der Waals surface area contributed by atoms with Gasteiger partial charge in [-0.05, 0) is 47.4 Å². The molecular formula is C21H22N2O. The second-order valence-corrected chi connectivity index (χ2v) is 7.35. The van der Waals surface area contributed by atoms with Crippen LogP contribution in [-0.2, 0) is 4.79 Å². The molecule has 0 bridgehead atoms. The van der Waals surface area contributed by atoms with Crippen molar-refractivity contribution in [2.75, 3.05) is 0 Å². The van der Waals surface area contributed by atoms with E-state index in [0.29, 0.717) is 24.4 Å². The molecule has 1 heterocycles. The van der Waals surface area contributed by atoms with Crippen LogP contribution in [0.4, 0.5) is 0 Å². The maximum absolute atomic E-state index is 11.8. The highest BCUT2D eigenvalue weighted by Gasteiger charge is 2.41. The van der Waals surface area contributed by atoms with Crippen molar-refractivity contribution in [3.63, 3.8) is 0 Å². The van der Waals surface area contributed by atoms with Gasteiger partial charge in [-0.25, -0.2) is 0 Å². The molecule has 3 nitrogen and oxygen atoms in total. The standard InChI is InChI=1S/C21H22N2O/c24-19-12-11-18(20(23-19)13-9-10-13)22-21-16-7-3-1-5-14(16)15-6-2-4-8-17(15)21/h1-8,13,18,20-22H,9-12H2,(H,23,24). The molecule has 1 saturated carbocycles. The van der Waals surface area contributed by atoms with E-state index in [2.05, 4.69) is 59.2 Å². The third-order valence-electron chi connectivity index (χ3n) is 5.79. The summed E-state index contributed by atoms with van der Waals surface area (Å²) in [7, 11) is 0. The maximum Gasteiger partial charge on any atom is 0.220 e. The molecule has 24 heavy (non-hydrogen) atoms. The third kappa shape index (κ3) is 2.27. The molecule has 0 spiro atoms. The molecule has 3 heteroatoms. The highest BCUT2D eigenvalue weighted by Crippen LogP contribution is 2.44. The number of amides is 1. The second-order valence-electron chi connectivity index (χ2n) is 7.35. The quantitative estimate of drug-likeness (QED) is 0.910. The Morgan fingerprint density at radius 3 is 2.12 bits per heavy atom. The van der Waals surface area contributed by atoms with Gasteiger partial charge in [0.05, 0.1) is 6.04 Å². The molecule has 2 atom stereocenters. The average Bonchev–Trinajstić information content (AvgIpc) is 3.41. The van der Waals surface area contributed by atoms with Crippen molar-refractivity contribution in [1.29, 1.82) is 0 Å². The summed E-state index contributed by atoms with van der Waals surface area (Å²) in [6, 6.07) is 18.3.